The first-order valence-corrected chi connectivity index (χ1v) is 12.7. The third-order valence-corrected chi connectivity index (χ3v) is 5.95. The van der Waals surface area contributed by atoms with Gasteiger partial charge in [-0.2, -0.15) is 0 Å². The number of rotatable bonds is 10. The Bertz CT molecular complexity index is 596. The maximum Gasteiger partial charge on any atom is 0.410 e. The molecule has 0 radical (unpaired) electrons. The molecule has 0 aromatic heterocycles. The molecule has 1 aliphatic heterocycles. The number of hydrogen-bond donors (Lipinski definition) is 1. The van der Waals surface area contributed by atoms with Gasteiger partial charge in [0.2, 0.25) is 5.91 Å². The third kappa shape index (κ3) is 8.99. The summed E-state index contributed by atoms with van der Waals surface area (Å²) in [7, 11) is 0. The van der Waals surface area contributed by atoms with Crippen LogP contribution in [0.3, 0.4) is 0 Å². The van der Waals surface area contributed by atoms with Gasteiger partial charge < -0.3 is 15.0 Å². The van der Waals surface area contributed by atoms with Crippen LogP contribution >= 0.6 is 0 Å². The molecule has 1 N–H and O–H groups in total. The van der Waals surface area contributed by atoms with E-state index in [1.807, 2.05) is 20.8 Å². The van der Waals surface area contributed by atoms with Crippen molar-refractivity contribution in [2.45, 2.75) is 124 Å². The van der Waals surface area contributed by atoms with Gasteiger partial charge in [-0.15, -0.1) is 0 Å². The van der Waals surface area contributed by atoms with Gasteiger partial charge in [-0.05, 0) is 59.3 Å². The molecule has 2 unspecified atom stereocenters. The molecule has 0 aromatic rings. The summed E-state index contributed by atoms with van der Waals surface area (Å²) in [6.45, 7) is 14.7. The number of imide groups is 1. The van der Waals surface area contributed by atoms with Gasteiger partial charge >= 0.3 is 12.1 Å². The highest BCUT2D eigenvalue weighted by Gasteiger charge is 2.38. The minimum absolute atomic E-state index is 0.0660. The average molecular weight is 454 g/mol. The topological polar surface area (TPSA) is 79.0 Å². The number of ether oxygens (including phenoxy) is 1. The number of carbonyl (C=O) groups excluding carboxylic acids is 3. The maximum absolute atomic E-state index is 13.7. The minimum Gasteiger partial charge on any atom is -0.444 e. The first-order chi connectivity index (χ1) is 15.1. The molecule has 2 atom stereocenters. The standard InChI is InChI=1S/C25H47N3O4/c1-8-13-20(11-4)26-23(30)28(21(14-9-2)15-10-3)22(29)19-16-12-17-27(18-19)24(31)32-25(5,6)7/h19-21H,8-18H2,1-7H3,(H,26,30). The molecule has 7 heteroatoms. The van der Waals surface area contributed by atoms with Gasteiger partial charge in [0, 0.05) is 25.2 Å². The van der Waals surface area contributed by atoms with Crippen molar-refractivity contribution in [3.05, 3.63) is 0 Å². The van der Waals surface area contributed by atoms with Gasteiger partial charge in [-0.3, -0.25) is 9.69 Å². The lowest BCUT2D eigenvalue weighted by Crippen LogP contribution is -2.56. The summed E-state index contributed by atoms with van der Waals surface area (Å²) >= 11 is 0. The fourth-order valence-corrected chi connectivity index (χ4v) is 4.35. The zero-order chi connectivity index (χ0) is 24.3. The predicted molar refractivity (Wildman–Crippen MR) is 128 cm³/mol. The number of urea groups is 1. The van der Waals surface area contributed by atoms with Crippen LogP contribution in [0.5, 0.6) is 0 Å². The van der Waals surface area contributed by atoms with E-state index in [0.29, 0.717) is 19.5 Å². The van der Waals surface area contributed by atoms with E-state index in [1.54, 1.807) is 4.90 Å². The van der Waals surface area contributed by atoms with Crippen molar-refractivity contribution in [2.75, 3.05) is 13.1 Å². The number of hydrogen-bond acceptors (Lipinski definition) is 4. The van der Waals surface area contributed by atoms with Crippen LogP contribution in [0.25, 0.3) is 0 Å². The largest absolute Gasteiger partial charge is 0.444 e. The Labute approximate surface area is 195 Å². The van der Waals surface area contributed by atoms with Crippen LogP contribution in [0.1, 0.15) is 106 Å². The van der Waals surface area contributed by atoms with E-state index in [9.17, 15) is 14.4 Å². The zero-order valence-electron chi connectivity index (χ0n) is 21.5. The Balaban J connectivity index is 3.07. The van der Waals surface area contributed by atoms with Crippen molar-refractivity contribution >= 4 is 18.0 Å². The average Bonchev–Trinajstić information content (AvgIpc) is 2.72. The summed E-state index contributed by atoms with van der Waals surface area (Å²) in [5, 5.41) is 3.11. The van der Waals surface area contributed by atoms with E-state index in [2.05, 4.69) is 33.0 Å². The van der Waals surface area contributed by atoms with Gasteiger partial charge in [-0.25, -0.2) is 9.59 Å². The van der Waals surface area contributed by atoms with E-state index >= 15 is 0 Å². The molecule has 32 heavy (non-hydrogen) atoms. The number of piperidine rings is 1. The molecule has 0 saturated carbocycles. The molecule has 0 spiro atoms. The first-order valence-electron chi connectivity index (χ1n) is 12.7. The molecule has 1 heterocycles. The Morgan fingerprint density at radius 1 is 1.03 bits per heavy atom. The molecule has 0 bridgehead atoms. The molecule has 0 aliphatic carbocycles. The normalized spacial score (nSPS) is 17.8. The van der Waals surface area contributed by atoms with E-state index in [-0.39, 0.29) is 29.9 Å². The summed E-state index contributed by atoms with van der Waals surface area (Å²) in [6, 6.07) is -0.332. The molecule has 4 amide bonds. The summed E-state index contributed by atoms with van der Waals surface area (Å²) in [5.41, 5.74) is -0.582. The van der Waals surface area contributed by atoms with E-state index in [1.165, 1.54) is 4.90 Å². The van der Waals surface area contributed by atoms with Crippen LogP contribution in [0.15, 0.2) is 0 Å². The number of amides is 4. The number of nitrogens with zero attached hydrogens (tertiary/aromatic N) is 2. The molecule has 7 nitrogen and oxygen atoms in total. The van der Waals surface area contributed by atoms with Crippen LogP contribution < -0.4 is 5.32 Å². The van der Waals surface area contributed by atoms with E-state index < -0.39 is 11.7 Å². The molecular formula is C25H47N3O4. The van der Waals surface area contributed by atoms with Crippen molar-refractivity contribution < 1.29 is 19.1 Å². The van der Waals surface area contributed by atoms with Crippen LogP contribution in [0.4, 0.5) is 9.59 Å². The van der Waals surface area contributed by atoms with Gasteiger partial charge in [0.1, 0.15) is 5.60 Å². The molecule has 186 valence electrons. The SMILES string of the molecule is CCCC(CC)NC(=O)N(C(=O)C1CCCN(C(=O)OC(C)(C)C)C1)C(CCC)CCC. The van der Waals surface area contributed by atoms with Gasteiger partial charge in [0.15, 0.2) is 0 Å². The Kier molecular flexibility index (Phi) is 12.1. The molecule has 1 rings (SSSR count). The highest BCUT2D eigenvalue weighted by Crippen LogP contribution is 2.24. The lowest BCUT2D eigenvalue weighted by Gasteiger charge is -2.38. The lowest BCUT2D eigenvalue weighted by molar-refractivity contribution is -0.136. The second-order valence-electron chi connectivity index (χ2n) is 10.0. The zero-order valence-corrected chi connectivity index (χ0v) is 21.5. The van der Waals surface area contributed by atoms with Crippen molar-refractivity contribution in [2.24, 2.45) is 5.92 Å². The predicted octanol–water partition coefficient (Wildman–Crippen LogP) is 5.72. The Morgan fingerprint density at radius 2 is 1.62 bits per heavy atom. The smallest absolute Gasteiger partial charge is 0.410 e. The molecule has 0 aromatic carbocycles. The van der Waals surface area contributed by atoms with Crippen molar-refractivity contribution in [3.63, 3.8) is 0 Å². The van der Waals surface area contributed by atoms with Gasteiger partial charge in [0.05, 0.1) is 5.92 Å². The first kappa shape index (κ1) is 28.2. The summed E-state index contributed by atoms with van der Waals surface area (Å²) < 4.78 is 5.51. The van der Waals surface area contributed by atoms with Crippen molar-refractivity contribution in [1.29, 1.82) is 0 Å². The van der Waals surface area contributed by atoms with E-state index in [4.69, 9.17) is 4.74 Å². The second kappa shape index (κ2) is 13.7. The summed E-state index contributed by atoms with van der Waals surface area (Å²) in [5.74, 6) is -0.543. The fraction of sp³-hybridized carbons (Fsp3) is 0.880. The highest BCUT2D eigenvalue weighted by atomic mass is 16.6. The van der Waals surface area contributed by atoms with Crippen molar-refractivity contribution in [3.8, 4) is 0 Å². The fourth-order valence-electron chi connectivity index (χ4n) is 4.35. The molecular weight excluding hydrogens is 406 g/mol. The lowest BCUT2D eigenvalue weighted by atomic mass is 9.94. The van der Waals surface area contributed by atoms with Crippen LogP contribution in [-0.4, -0.2) is 58.6 Å². The molecule has 1 aliphatic rings. The van der Waals surface area contributed by atoms with Crippen molar-refractivity contribution in [1.82, 2.24) is 15.1 Å². The molecule has 1 fully saturated rings. The van der Waals surface area contributed by atoms with Gasteiger partial charge in [0.25, 0.3) is 0 Å². The molecule has 1 saturated heterocycles. The summed E-state index contributed by atoms with van der Waals surface area (Å²) in [6.07, 6.45) is 7.12. The maximum atomic E-state index is 13.7. The van der Waals surface area contributed by atoms with Crippen LogP contribution in [0, 0.1) is 5.92 Å². The third-order valence-electron chi connectivity index (χ3n) is 5.95. The highest BCUT2D eigenvalue weighted by molar-refractivity contribution is 5.96. The number of likely N-dealkylation sites (tertiary alicyclic amines) is 1. The summed E-state index contributed by atoms with van der Waals surface area (Å²) in [4.78, 5) is 42.7. The van der Waals surface area contributed by atoms with Crippen LogP contribution in [0.2, 0.25) is 0 Å². The van der Waals surface area contributed by atoms with Crippen LogP contribution in [-0.2, 0) is 9.53 Å². The monoisotopic (exact) mass is 453 g/mol. The Hall–Kier alpha value is -1.79. The van der Waals surface area contributed by atoms with Gasteiger partial charge in [-0.1, -0.05) is 47.0 Å². The Morgan fingerprint density at radius 3 is 2.12 bits per heavy atom. The number of nitrogens with one attached hydrogen (secondary N) is 1. The van der Waals surface area contributed by atoms with E-state index in [0.717, 1.165) is 51.4 Å². The quantitative estimate of drug-likeness (QED) is 0.459. The second-order valence-corrected chi connectivity index (χ2v) is 10.0. The minimum atomic E-state index is -0.582. The number of carbonyl (C=O) groups is 3.